The number of hydrogen-bond acceptors (Lipinski definition) is 8. The summed E-state index contributed by atoms with van der Waals surface area (Å²) in [6, 6.07) is 17.0. The van der Waals surface area contributed by atoms with Crippen molar-refractivity contribution in [2.24, 2.45) is 0 Å². The van der Waals surface area contributed by atoms with Crippen molar-refractivity contribution in [2.75, 3.05) is 39.4 Å². The Morgan fingerprint density at radius 2 is 1.88 bits per heavy atom. The van der Waals surface area contributed by atoms with Crippen LogP contribution in [0.1, 0.15) is 10.5 Å². The molecule has 212 valence electrons. The summed E-state index contributed by atoms with van der Waals surface area (Å²) in [5.74, 6) is 0.392. The quantitative estimate of drug-likeness (QED) is 0.160. The maximum atomic E-state index is 13.5. The molecule has 1 amide bonds. The number of carbonyl (C=O) groups is 2. The van der Waals surface area contributed by atoms with E-state index in [1.165, 1.54) is 0 Å². The molecule has 4 aromatic heterocycles. The Morgan fingerprint density at radius 1 is 1.05 bits per heavy atom. The molecule has 0 atom stereocenters. The fourth-order valence-electron chi connectivity index (χ4n) is 4.09. The predicted octanol–water partition coefficient (Wildman–Crippen LogP) is 4.11. The smallest absolute Gasteiger partial charge is 0.290 e. The number of H-pyrrole nitrogens is 1. The van der Waals surface area contributed by atoms with E-state index in [2.05, 4.69) is 25.4 Å². The molecule has 3 N–H and O–H groups in total. The zero-order valence-electron chi connectivity index (χ0n) is 22.6. The third-order valence-electron chi connectivity index (χ3n) is 5.96. The Hall–Kier alpha value is -5.07. The minimum atomic E-state index is -0.357. The van der Waals surface area contributed by atoms with Crippen LogP contribution in [0.2, 0.25) is 0 Å². The third-order valence-corrected chi connectivity index (χ3v) is 5.96. The Balaban J connectivity index is 0.00000124. The summed E-state index contributed by atoms with van der Waals surface area (Å²) >= 11 is 0. The highest BCUT2D eigenvalue weighted by Crippen LogP contribution is 2.30. The van der Waals surface area contributed by atoms with Gasteiger partial charge in [-0.2, -0.15) is 5.10 Å². The number of pyridine rings is 2. The van der Waals surface area contributed by atoms with E-state index in [4.69, 9.17) is 24.1 Å². The highest BCUT2D eigenvalue weighted by molar-refractivity contribution is 6.08. The highest BCUT2D eigenvalue weighted by Gasteiger charge is 2.20. The zero-order chi connectivity index (χ0) is 29.0. The lowest BCUT2D eigenvalue weighted by atomic mass is 10.1. The molecule has 0 aliphatic rings. The van der Waals surface area contributed by atoms with E-state index < -0.39 is 0 Å². The van der Waals surface area contributed by atoms with Gasteiger partial charge >= 0.3 is 0 Å². The van der Waals surface area contributed by atoms with E-state index >= 15 is 0 Å². The number of nitrogens with zero attached hydrogens (tertiary/aromatic N) is 4. The zero-order valence-corrected chi connectivity index (χ0v) is 22.6. The Kier molecular flexibility index (Phi) is 10.1. The maximum absolute atomic E-state index is 13.5. The van der Waals surface area contributed by atoms with Crippen LogP contribution in [0.15, 0.2) is 73.2 Å². The van der Waals surface area contributed by atoms with Gasteiger partial charge in [0.15, 0.2) is 0 Å². The second kappa shape index (κ2) is 14.4. The first-order chi connectivity index (χ1) is 20.1. The van der Waals surface area contributed by atoms with Gasteiger partial charge in [-0.15, -0.1) is 0 Å². The van der Waals surface area contributed by atoms with Gasteiger partial charge in [0.1, 0.15) is 17.1 Å². The number of ether oxygens (including phenoxy) is 3. The number of fused-ring (bicyclic) bond motifs is 1. The van der Waals surface area contributed by atoms with Crippen molar-refractivity contribution in [2.45, 2.75) is 6.54 Å². The minimum Gasteiger partial charge on any atom is -0.497 e. The number of aromatic nitrogens is 5. The minimum absolute atomic E-state index is 0.250. The van der Waals surface area contributed by atoms with Crippen molar-refractivity contribution in [1.29, 1.82) is 0 Å². The number of rotatable bonds is 11. The fourth-order valence-corrected chi connectivity index (χ4v) is 4.09. The fraction of sp³-hybridized carbons (Fsp3) is 0.207. The van der Waals surface area contributed by atoms with Gasteiger partial charge in [0.2, 0.25) is 0 Å². The summed E-state index contributed by atoms with van der Waals surface area (Å²) in [7, 11) is 3.26. The lowest BCUT2D eigenvalue weighted by Gasteiger charge is -2.08. The molecule has 0 aliphatic heterocycles. The van der Waals surface area contributed by atoms with Crippen LogP contribution in [0.25, 0.3) is 33.5 Å². The molecular formula is C29H30N6O6. The van der Waals surface area contributed by atoms with Crippen LogP contribution in [-0.2, 0) is 20.8 Å². The van der Waals surface area contributed by atoms with Crippen molar-refractivity contribution >= 4 is 29.0 Å². The largest absolute Gasteiger partial charge is 0.497 e. The number of aromatic amines is 1. The van der Waals surface area contributed by atoms with Crippen molar-refractivity contribution in [1.82, 2.24) is 24.7 Å². The predicted molar refractivity (Wildman–Crippen MR) is 153 cm³/mol. The number of benzene rings is 1. The first kappa shape index (κ1) is 28.9. The van der Waals surface area contributed by atoms with Crippen molar-refractivity contribution < 1.29 is 28.9 Å². The molecule has 5 rings (SSSR count). The molecule has 0 spiro atoms. The molecule has 0 saturated heterocycles. The number of carboxylic acid groups (broad SMARTS) is 1. The number of methoxy groups -OCH3 is 2. The molecule has 0 unspecified atom stereocenters. The van der Waals surface area contributed by atoms with Crippen molar-refractivity contribution in [3.63, 3.8) is 0 Å². The van der Waals surface area contributed by atoms with Crippen molar-refractivity contribution in [3.05, 3.63) is 78.9 Å². The second-order valence-electron chi connectivity index (χ2n) is 8.57. The van der Waals surface area contributed by atoms with E-state index in [9.17, 15) is 4.79 Å². The first-order valence-corrected chi connectivity index (χ1v) is 12.6. The molecule has 41 heavy (non-hydrogen) atoms. The molecule has 4 heterocycles. The summed E-state index contributed by atoms with van der Waals surface area (Å²) in [5.41, 5.74) is 4.38. The average Bonchev–Trinajstić information content (AvgIpc) is 3.61. The molecule has 0 saturated carbocycles. The van der Waals surface area contributed by atoms with Gasteiger partial charge in [0.25, 0.3) is 12.4 Å². The number of anilines is 1. The van der Waals surface area contributed by atoms with Crippen LogP contribution in [-0.4, -0.2) is 76.3 Å². The molecule has 12 heteroatoms. The lowest BCUT2D eigenvalue weighted by molar-refractivity contribution is -0.122. The lowest BCUT2D eigenvalue weighted by Crippen LogP contribution is -2.15. The van der Waals surface area contributed by atoms with Gasteiger partial charge in [-0.05, 0) is 42.5 Å². The van der Waals surface area contributed by atoms with E-state index in [-0.39, 0.29) is 18.1 Å². The van der Waals surface area contributed by atoms with Gasteiger partial charge in [0, 0.05) is 53.9 Å². The molecule has 0 radical (unpaired) electrons. The van der Waals surface area contributed by atoms with Crippen molar-refractivity contribution in [3.8, 4) is 28.4 Å². The molecule has 0 aliphatic carbocycles. The number of carbonyl (C=O) groups excluding carboxylic acids is 1. The van der Waals surface area contributed by atoms with E-state index in [0.29, 0.717) is 49.0 Å². The molecule has 0 fully saturated rings. The van der Waals surface area contributed by atoms with E-state index in [1.54, 1.807) is 43.6 Å². The van der Waals surface area contributed by atoms with Crippen LogP contribution < -0.4 is 10.1 Å². The Morgan fingerprint density at radius 3 is 2.63 bits per heavy atom. The van der Waals surface area contributed by atoms with Gasteiger partial charge in [-0.25, -0.2) is 0 Å². The van der Waals surface area contributed by atoms with Crippen LogP contribution in [0.4, 0.5) is 5.69 Å². The molecule has 5 aromatic rings. The SMILES string of the molecule is COCCOCCn1cc(NC(=O)c2ncccc2-c2cc3ccc(OC)cc3[nH]2)c(-c2ccccn2)n1.O=CO. The molecule has 12 nitrogen and oxygen atoms in total. The standard InChI is InChI=1S/C28H28N6O4.CH2O2/c1-36-14-15-38-13-12-34-18-25(27(33-34)22-7-3-4-10-29-22)32-28(35)26-21(6-5-11-30-26)24-16-19-8-9-20(37-2)17-23(19)31-24;2-1-3/h3-11,16-18,31H,12-15H2,1-2H3,(H,32,35);1H,(H,2,3). The Labute approximate surface area is 235 Å². The van der Waals surface area contributed by atoms with Crippen LogP contribution in [0.5, 0.6) is 5.75 Å². The maximum Gasteiger partial charge on any atom is 0.290 e. The number of amides is 1. The monoisotopic (exact) mass is 558 g/mol. The number of hydrogen-bond donors (Lipinski definition) is 3. The number of nitrogens with one attached hydrogen (secondary N) is 2. The molecule has 0 bridgehead atoms. The average molecular weight is 559 g/mol. The summed E-state index contributed by atoms with van der Waals surface area (Å²) in [6.45, 7) is 1.73. The summed E-state index contributed by atoms with van der Waals surface area (Å²) in [4.78, 5) is 34.1. The third kappa shape index (κ3) is 7.32. The van der Waals surface area contributed by atoms with E-state index in [1.807, 2.05) is 48.5 Å². The van der Waals surface area contributed by atoms with E-state index in [0.717, 1.165) is 22.3 Å². The normalized spacial score (nSPS) is 10.6. The van der Waals surface area contributed by atoms with Crippen LogP contribution >= 0.6 is 0 Å². The van der Waals surface area contributed by atoms with Crippen LogP contribution in [0.3, 0.4) is 0 Å². The van der Waals surface area contributed by atoms with Gasteiger partial charge in [-0.3, -0.25) is 24.2 Å². The first-order valence-electron chi connectivity index (χ1n) is 12.6. The van der Waals surface area contributed by atoms with Gasteiger partial charge in [-0.1, -0.05) is 6.07 Å². The highest BCUT2D eigenvalue weighted by atomic mass is 16.5. The Bertz CT molecular complexity index is 1580. The molecular weight excluding hydrogens is 528 g/mol. The summed E-state index contributed by atoms with van der Waals surface area (Å²) in [5, 5.41) is 15.6. The molecule has 1 aromatic carbocycles. The summed E-state index contributed by atoms with van der Waals surface area (Å²) in [6.07, 6.45) is 5.07. The van der Waals surface area contributed by atoms with Gasteiger partial charge < -0.3 is 29.6 Å². The topological polar surface area (TPSA) is 153 Å². The van der Waals surface area contributed by atoms with Gasteiger partial charge in [0.05, 0.1) is 44.9 Å². The van der Waals surface area contributed by atoms with Crippen LogP contribution in [0, 0.1) is 0 Å². The summed E-state index contributed by atoms with van der Waals surface area (Å²) < 4.78 is 17.7. The second-order valence-corrected chi connectivity index (χ2v) is 8.57.